The van der Waals surface area contributed by atoms with Crippen LogP contribution in [-0.2, 0) is 0 Å². The van der Waals surface area contributed by atoms with Crippen LogP contribution < -0.4 is 4.90 Å². The fourth-order valence-corrected chi connectivity index (χ4v) is 1.87. The van der Waals surface area contributed by atoms with Crippen LogP contribution in [-0.4, -0.2) is 11.5 Å². The lowest BCUT2D eigenvalue weighted by atomic mass is 10.2. The lowest BCUT2D eigenvalue weighted by Gasteiger charge is -2.22. The summed E-state index contributed by atoms with van der Waals surface area (Å²) < 4.78 is 39.8. The number of hydrogen-bond donors (Lipinski definition) is 0. The number of rotatable bonds is 3. The van der Waals surface area contributed by atoms with E-state index in [9.17, 15) is 13.2 Å². The molecule has 0 amide bonds. The first-order chi connectivity index (χ1) is 9.02. The zero-order valence-corrected chi connectivity index (χ0v) is 10.6. The van der Waals surface area contributed by atoms with E-state index in [-0.39, 0.29) is 5.82 Å². The lowest BCUT2D eigenvalue weighted by Crippen LogP contribution is -2.20. The van der Waals surface area contributed by atoms with Crippen molar-refractivity contribution in [2.24, 2.45) is 0 Å². The maximum absolute atomic E-state index is 13.7. The summed E-state index contributed by atoms with van der Waals surface area (Å²) in [5.74, 6) is -3.70. The van der Waals surface area contributed by atoms with Crippen molar-refractivity contribution in [1.29, 1.82) is 0 Å². The average Bonchev–Trinajstić information content (AvgIpc) is 2.36. The van der Waals surface area contributed by atoms with Gasteiger partial charge in [-0.3, -0.25) is 0 Å². The third kappa shape index (κ3) is 2.70. The molecule has 5 heteroatoms. The van der Waals surface area contributed by atoms with Gasteiger partial charge in [0.2, 0.25) is 0 Å². The molecule has 2 aromatic rings. The van der Waals surface area contributed by atoms with Crippen LogP contribution in [0.4, 0.5) is 24.7 Å². The van der Waals surface area contributed by atoms with Gasteiger partial charge in [0.25, 0.3) is 5.95 Å². The second-order valence-corrected chi connectivity index (χ2v) is 4.15. The summed E-state index contributed by atoms with van der Waals surface area (Å²) in [6.07, 6.45) is 0. The van der Waals surface area contributed by atoms with Crippen molar-refractivity contribution in [3.63, 3.8) is 0 Å². The van der Waals surface area contributed by atoms with Crippen LogP contribution in [0.25, 0.3) is 0 Å². The van der Waals surface area contributed by atoms with E-state index in [2.05, 4.69) is 4.98 Å². The molecule has 0 bridgehead atoms. The standard InChI is InChI=1S/C14H13F3N2/c1-3-19(10-6-4-5-9(2)7-10)14-12(16)8-11(15)13(17)18-14/h4-8H,3H2,1-2H3. The largest absolute Gasteiger partial charge is 0.324 e. The molecule has 0 N–H and O–H groups in total. The van der Waals surface area contributed by atoms with Gasteiger partial charge in [-0.25, -0.2) is 8.78 Å². The number of benzene rings is 1. The van der Waals surface area contributed by atoms with Crippen LogP contribution >= 0.6 is 0 Å². The number of nitrogens with zero attached hydrogens (tertiary/aromatic N) is 2. The van der Waals surface area contributed by atoms with Gasteiger partial charge in [-0.2, -0.15) is 9.37 Å². The van der Waals surface area contributed by atoms with Gasteiger partial charge < -0.3 is 4.90 Å². The topological polar surface area (TPSA) is 16.1 Å². The van der Waals surface area contributed by atoms with Crippen LogP contribution in [0.2, 0.25) is 0 Å². The van der Waals surface area contributed by atoms with Crippen molar-refractivity contribution >= 4 is 11.5 Å². The molecule has 0 saturated carbocycles. The summed E-state index contributed by atoms with van der Waals surface area (Å²) in [4.78, 5) is 4.85. The Kier molecular flexibility index (Phi) is 3.74. The van der Waals surface area contributed by atoms with E-state index in [1.807, 2.05) is 25.1 Å². The zero-order valence-electron chi connectivity index (χ0n) is 10.6. The molecule has 100 valence electrons. The Morgan fingerprint density at radius 1 is 1.11 bits per heavy atom. The van der Waals surface area contributed by atoms with E-state index in [4.69, 9.17) is 0 Å². The molecule has 19 heavy (non-hydrogen) atoms. The Morgan fingerprint density at radius 2 is 1.84 bits per heavy atom. The van der Waals surface area contributed by atoms with Gasteiger partial charge in [0.1, 0.15) is 0 Å². The van der Waals surface area contributed by atoms with Crippen molar-refractivity contribution in [1.82, 2.24) is 4.98 Å². The number of anilines is 2. The van der Waals surface area contributed by atoms with Crippen LogP contribution in [0.1, 0.15) is 12.5 Å². The Hall–Kier alpha value is -2.04. The lowest BCUT2D eigenvalue weighted by molar-refractivity contribution is 0.464. The fraction of sp³-hybridized carbons (Fsp3) is 0.214. The summed E-state index contributed by atoms with van der Waals surface area (Å²) in [6, 6.07) is 7.80. The molecule has 0 aliphatic heterocycles. The average molecular weight is 266 g/mol. The minimum atomic E-state index is -1.30. The summed E-state index contributed by atoms with van der Waals surface area (Å²) in [6.45, 7) is 4.07. The van der Waals surface area contributed by atoms with Gasteiger partial charge in [-0.15, -0.1) is 0 Å². The molecule has 1 aromatic heterocycles. The SMILES string of the molecule is CCN(c1cccc(C)c1)c1nc(F)c(F)cc1F. The first kappa shape index (κ1) is 13.4. The van der Waals surface area contributed by atoms with E-state index in [0.29, 0.717) is 18.3 Å². The monoisotopic (exact) mass is 266 g/mol. The zero-order chi connectivity index (χ0) is 14.0. The van der Waals surface area contributed by atoms with E-state index in [1.54, 1.807) is 13.0 Å². The molecule has 0 atom stereocenters. The highest BCUT2D eigenvalue weighted by Gasteiger charge is 2.18. The number of aryl methyl sites for hydroxylation is 1. The van der Waals surface area contributed by atoms with Crippen molar-refractivity contribution in [2.45, 2.75) is 13.8 Å². The first-order valence-electron chi connectivity index (χ1n) is 5.88. The summed E-state index contributed by atoms with van der Waals surface area (Å²) in [5.41, 5.74) is 1.67. The van der Waals surface area contributed by atoms with Gasteiger partial charge in [-0.05, 0) is 31.5 Å². The summed E-state index contributed by atoms with van der Waals surface area (Å²) in [7, 11) is 0. The minimum absolute atomic E-state index is 0.216. The van der Waals surface area contributed by atoms with Crippen molar-refractivity contribution in [2.75, 3.05) is 11.4 Å². The molecular formula is C14H13F3N2. The molecule has 0 spiro atoms. The molecular weight excluding hydrogens is 253 g/mol. The number of aromatic nitrogens is 1. The normalized spacial score (nSPS) is 10.6. The molecule has 0 saturated heterocycles. The van der Waals surface area contributed by atoms with Gasteiger partial charge >= 0.3 is 0 Å². The third-order valence-corrected chi connectivity index (χ3v) is 2.75. The third-order valence-electron chi connectivity index (χ3n) is 2.75. The highest BCUT2D eigenvalue weighted by molar-refractivity contribution is 5.61. The van der Waals surface area contributed by atoms with Crippen molar-refractivity contribution in [3.8, 4) is 0 Å². The summed E-state index contributed by atoms with van der Waals surface area (Å²) >= 11 is 0. The van der Waals surface area contributed by atoms with Crippen LogP contribution in [0.15, 0.2) is 30.3 Å². The van der Waals surface area contributed by atoms with Crippen LogP contribution in [0.5, 0.6) is 0 Å². The van der Waals surface area contributed by atoms with Gasteiger partial charge in [0.15, 0.2) is 17.5 Å². The Bertz CT molecular complexity index is 599. The Morgan fingerprint density at radius 3 is 2.47 bits per heavy atom. The molecule has 0 radical (unpaired) electrons. The highest BCUT2D eigenvalue weighted by atomic mass is 19.2. The molecule has 2 nitrogen and oxygen atoms in total. The molecule has 2 rings (SSSR count). The molecule has 1 aromatic carbocycles. The second kappa shape index (κ2) is 5.30. The fourth-order valence-electron chi connectivity index (χ4n) is 1.87. The smallest absolute Gasteiger partial charge is 0.251 e. The van der Waals surface area contributed by atoms with Crippen LogP contribution in [0, 0.1) is 24.5 Å². The van der Waals surface area contributed by atoms with Crippen molar-refractivity contribution in [3.05, 3.63) is 53.5 Å². The quantitative estimate of drug-likeness (QED) is 0.781. The number of halogens is 3. The van der Waals surface area contributed by atoms with Gasteiger partial charge in [0, 0.05) is 18.3 Å². The van der Waals surface area contributed by atoms with E-state index in [0.717, 1.165) is 5.56 Å². The highest BCUT2D eigenvalue weighted by Crippen LogP contribution is 2.27. The molecule has 0 aliphatic carbocycles. The predicted octanol–water partition coefficient (Wildman–Crippen LogP) is 3.97. The summed E-state index contributed by atoms with van der Waals surface area (Å²) in [5, 5.41) is 0. The number of hydrogen-bond acceptors (Lipinski definition) is 2. The number of pyridine rings is 1. The van der Waals surface area contributed by atoms with Gasteiger partial charge in [-0.1, -0.05) is 12.1 Å². The van der Waals surface area contributed by atoms with E-state index >= 15 is 0 Å². The molecule has 0 aliphatic rings. The second-order valence-electron chi connectivity index (χ2n) is 4.15. The predicted molar refractivity (Wildman–Crippen MR) is 68.0 cm³/mol. The van der Waals surface area contributed by atoms with Crippen LogP contribution in [0.3, 0.4) is 0 Å². The first-order valence-corrected chi connectivity index (χ1v) is 5.88. The van der Waals surface area contributed by atoms with E-state index in [1.165, 1.54) is 4.90 Å². The maximum atomic E-state index is 13.7. The Labute approximate surface area is 109 Å². The molecule has 1 heterocycles. The van der Waals surface area contributed by atoms with Crippen molar-refractivity contribution < 1.29 is 13.2 Å². The van der Waals surface area contributed by atoms with Gasteiger partial charge in [0.05, 0.1) is 0 Å². The maximum Gasteiger partial charge on any atom is 0.251 e. The molecule has 0 unspecified atom stereocenters. The minimum Gasteiger partial charge on any atom is -0.324 e. The van der Waals surface area contributed by atoms with E-state index < -0.39 is 17.6 Å². The Balaban J connectivity index is 2.51. The molecule has 0 fully saturated rings.